The van der Waals surface area contributed by atoms with E-state index in [-0.39, 0.29) is 29.7 Å². The van der Waals surface area contributed by atoms with Crippen molar-refractivity contribution in [3.05, 3.63) is 35.6 Å². The molecule has 4 nitrogen and oxygen atoms in total. The van der Waals surface area contributed by atoms with Crippen LogP contribution < -0.4 is 0 Å². The number of halogens is 1. The summed E-state index contributed by atoms with van der Waals surface area (Å²) in [7, 11) is 0. The molecule has 1 saturated heterocycles. The molecule has 5 heteroatoms. The fourth-order valence-corrected chi connectivity index (χ4v) is 3.33. The number of β-amino-alcohol motifs (C(OH)–C–C–N with tert-alkyl or cyclic N) is 1. The summed E-state index contributed by atoms with van der Waals surface area (Å²) in [5, 5.41) is 9.41. The van der Waals surface area contributed by atoms with Gasteiger partial charge >= 0.3 is 0 Å². The molecule has 1 aliphatic heterocycles. The van der Waals surface area contributed by atoms with Gasteiger partial charge in [0.05, 0.1) is 6.10 Å². The van der Waals surface area contributed by atoms with Crippen LogP contribution in [0, 0.1) is 11.7 Å². The lowest BCUT2D eigenvalue weighted by molar-refractivity contribution is -0.134. The number of aliphatic hydroxyl groups excluding tert-OH is 1. The lowest BCUT2D eigenvalue weighted by Gasteiger charge is -2.35. The molecule has 0 radical (unpaired) electrons. The SMILES string of the molecule is C[C@H](O)CN1CCN(C(=O)[C@@H]2C[C@H]2c2cccc(F)c2)CC1. The number of hydrogen-bond acceptors (Lipinski definition) is 3. The zero-order chi connectivity index (χ0) is 15.7. The van der Waals surface area contributed by atoms with Crippen LogP contribution in [0.1, 0.15) is 24.8 Å². The van der Waals surface area contributed by atoms with Gasteiger partial charge < -0.3 is 10.0 Å². The Morgan fingerprint density at radius 2 is 2.09 bits per heavy atom. The molecule has 1 aromatic rings. The maximum absolute atomic E-state index is 13.3. The number of benzene rings is 1. The second kappa shape index (κ2) is 6.34. The number of carbonyl (C=O) groups is 1. The first kappa shape index (κ1) is 15.4. The molecule has 3 atom stereocenters. The third kappa shape index (κ3) is 3.47. The first-order valence-corrected chi connectivity index (χ1v) is 7.99. The molecule has 2 aliphatic rings. The van der Waals surface area contributed by atoms with E-state index in [1.165, 1.54) is 6.07 Å². The fourth-order valence-electron chi connectivity index (χ4n) is 3.33. The molecular weight excluding hydrogens is 283 g/mol. The third-order valence-corrected chi connectivity index (χ3v) is 4.59. The van der Waals surface area contributed by atoms with Crippen LogP contribution in [0.4, 0.5) is 4.39 Å². The van der Waals surface area contributed by atoms with Crippen LogP contribution in [0.15, 0.2) is 24.3 Å². The molecule has 3 rings (SSSR count). The summed E-state index contributed by atoms with van der Waals surface area (Å²) < 4.78 is 13.3. The molecule has 22 heavy (non-hydrogen) atoms. The van der Waals surface area contributed by atoms with Gasteiger partial charge in [-0.05, 0) is 37.0 Å². The van der Waals surface area contributed by atoms with Crippen LogP contribution in [-0.2, 0) is 4.79 Å². The van der Waals surface area contributed by atoms with Crippen LogP contribution in [0.2, 0.25) is 0 Å². The minimum absolute atomic E-state index is 0.0186. The molecule has 1 aromatic carbocycles. The number of nitrogens with zero attached hydrogens (tertiary/aromatic N) is 2. The molecule has 1 saturated carbocycles. The number of piperazine rings is 1. The van der Waals surface area contributed by atoms with Gasteiger partial charge in [-0.25, -0.2) is 4.39 Å². The third-order valence-electron chi connectivity index (χ3n) is 4.59. The average Bonchev–Trinajstić information content (AvgIpc) is 3.27. The Kier molecular flexibility index (Phi) is 4.45. The molecule has 120 valence electrons. The summed E-state index contributed by atoms with van der Waals surface area (Å²) in [6.45, 7) is 5.51. The quantitative estimate of drug-likeness (QED) is 0.916. The molecule has 1 aliphatic carbocycles. The maximum atomic E-state index is 13.3. The molecule has 0 bridgehead atoms. The molecule has 1 heterocycles. The van der Waals surface area contributed by atoms with Crippen LogP contribution >= 0.6 is 0 Å². The lowest BCUT2D eigenvalue weighted by atomic mass is 10.1. The molecule has 0 unspecified atom stereocenters. The van der Waals surface area contributed by atoms with Crippen molar-refractivity contribution in [2.24, 2.45) is 5.92 Å². The number of aliphatic hydroxyl groups is 1. The van der Waals surface area contributed by atoms with E-state index in [4.69, 9.17) is 0 Å². The Bertz CT molecular complexity index is 541. The summed E-state index contributed by atoms with van der Waals surface area (Å²) in [4.78, 5) is 16.6. The van der Waals surface area contributed by atoms with Crippen LogP contribution in [0.3, 0.4) is 0 Å². The van der Waals surface area contributed by atoms with Gasteiger partial charge in [0.1, 0.15) is 5.82 Å². The molecule has 0 spiro atoms. The summed E-state index contributed by atoms with van der Waals surface area (Å²) in [6.07, 6.45) is 0.499. The Hall–Kier alpha value is -1.46. The van der Waals surface area contributed by atoms with Crippen molar-refractivity contribution in [1.29, 1.82) is 0 Å². The number of amides is 1. The van der Waals surface area contributed by atoms with Crippen LogP contribution in [-0.4, -0.2) is 59.6 Å². The van der Waals surface area contributed by atoms with E-state index in [0.717, 1.165) is 38.2 Å². The summed E-state index contributed by atoms with van der Waals surface area (Å²) in [6, 6.07) is 6.59. The zero-order valence-electron chi connectivity index (χ0n) is 12.9. The fraction of sp³-hybridized carbons (Fsp3) is 0.588. The molecule has 1 amide bonds. The first-order valence-electron chi connectivity index (χ1n) is 7.99. The maximum Gasteiger partial charge on any atom is 0.226 e. The van der Waals surface area contributed by atoms with Crippen molar-refractivity contribution in [3.8, 4) is 0 Å². The largest absolute Gasteiger partial charge is 0.392 e. The first-order chi connectivity index (χ1) is 10.5. The van der Waals surface area contributed by atoms with E-state index >= 15 is 0 Å². The predicted molar refractivity (Wildman–Crippen MR) is 81.9 cm³/mol. The highest BCUT2D eigenvalue weighted by molar-refractivity contribution is 5.83. The van der Waals surface area contributed by atoms with Gasteiger partial charge in [0.25, 0.3) is 0 Å². The standard InChI is InChI=1S/C17H23FN2O2/c1-12(21)11-19-5-7-20(8-6-19)17(22)16-10-15(16)13-3-2-4-14(18)9-13/h2-4,9,12,15-16,21H,5-8,10-11H2,1H3/t12-,15-,16+/m0/s1. The Labute approximate surface area is 130 Å². The van der Waals surface area contributed by atoms with Gasteiger partial charge in [0.15, 0.2) is 0 Å². The number of hydrogen-bond donors (Lipinski definition) is 1. The highest BCUT2D eigenvalue weighted by Gasteiger charge is 2.46. The van der Waals surface area contributed by atoms with E-state index in [1.54, 1.807) is 19.1 Å². The molecule has 2 fully saturated rings. The van der Waals surface area contributed by atoms with Crippen molar-refractivity contribution in [1.82, 2.24) is 9.80 Å². The van der Waals surface area contributed by atoms with E-state index in [2.05, 4.69) is 4.90 Å². The van der Waals surface area contributed by atoms with E-state index < -0.39 is 0 Å². The normalized spacial score (nSPS) is 26.8. The molecular formula is C17H23FN2O2. The number of rotatable bonds is 4. The lowest BCUT2D eigenvalue weighted by Crippen LogP contribution is -2.50. The highest BCUT2D eigenvalue weighted by Crippen LogP contribution is 2.48. The van der Waals surface area contributed by atoms with Crippen molar-refractivity contribution in [2.75, 3.05) is 32.7 Å². The van der Waals surface area contributed by atoms with Gasteiger partial charge in [-0.15, -0.1) is 0 Å². The predicted octanol–water partition coefficient (Wildman–Crippen LogP) is 1.45. The second-order valence-electron chi connectivity index (χ2n) is 6.48. The smallest absolute Gasteiger partial charge is 0.226 e. The van der Waals surface area contributed by atoms with Crippen molar-refractivity contribution in [3.63, 3.8) is 0 Å². The minimum atomic E-state index is -0.331. The van der Waals surface area contributed by atoms with Gasteiger partial charge in [-0.1, -0.05) is 12.1 Å². The van der Waals surface area contributed by atoms with Gasteiger partial charge in [0.2, 0.25) is 5.91 Å². The van der Waals surface area contributed by atoms with Crippen molar-refractivity contribution >= 4 is 5.91 Å². The zero-order valence-corrected chi connectivity index (χ0v) is 12.9. The Balaban J connectivity index is 1.52. The van der Waals surface area contributed by atoms with Gasteiger partial charge in [-0.3, -0.25) is 9.69 Å². The average molecular weight is 306 g/mol. The van der Waals surface area contributed by atoms with E-state index in [9.17, 15) is 14.3 Å². The second-order valence-corrected chi connectivity index (χ2v) is 6.48. The monoisotopic (exact) mass is 306 g/mol. The topological polar surface area (TPSA) is 43.8 Å². The number of carbonyl (C=O) groups excluding carboxylic acids is 1. The molecule has 0 aromatic heterocycles. The summed E-state index contributed by atoms with van der Waals surface area (Å²) in [5.74, 6) is 0.164. The Morgan fingerprint density at radius 3 is 2.73 bits per heavy atom. The van der Waals surface area contributed by atoms with Crippen molar-refractivity contribution in [2.45, 2.75) is 25.4 Å². The van der Waals surface area contributed by atoms with E-state index in [0.29, 0.717) is 6.54 Å². The van der Waals surface area contributed by atoms with E-state index in [1.807, 2.05) is 11.0 Å². The minimum Gasteiger partial charge on any atom is -0.392 e. The van der Waals surface area contributed by atoms with Crippen LogP contribution in [0.25, 0.3) is 0 Å². The Morgan fingerprint density at radius 1 is 1.36 bits per heavy atom. The highest BCUT2D eigenvalue weighted by atomic mass is 19.1. The van der Waals surface area contributed by atoms with Crippen molar-refractivity contribution < 1.29 is 14.3 Å². The van der Waals surface area contributed by atoms with Crippen LogP contribution in [0.5, 0.6) is 0 Å². The summed E-state index contributed by atoms with van der Waals surface area (Å²) >= 11 is 0. The van der Waals surface area contributed by atoms with Gasteiger partial charge in [-0.2, -0.15) is 0 Å². The summed E-state index contributed by atoms with van der Waals surface area (Å²) in [5.41, 5.74) is 0.936. The molecule has 1 N–H and O–H groups in total. The van der Waals surface area contributed by atoms with Gasteiger partial charge in [0, 0.05) is 38.6 Å².